The van der Waals surface area contributed by atoms with Crippen molar-refractivity contribution in [2.45, 2.75) is 38.0 Å². The topological polar surface area (TPSA) is 73.2 Å². The zero-order chi connectivity index (χ0) is 21.8. The van der Waals surface area contributed by atoms with Crippen molar-refractivity contribution in [3.8, 4) is 0 Å². The molecule has 6 nitrogen and oxygen atoms in total. The molecule has 0 aromatic heterocycles. The Labute approximate surface area is 183 Å². The first-order valence-electron chi connectivity index (χ1n) is 10.9. The molecule has 1 fully saturated rings. The van der Waals surface area contributed by atoms with Crippen LogP contribution in [0.3, 0.4) is 0 Å². The summed E-state index contributed by atoms with van der Waals surface area (Å²) in [5.74, 6) is -0.353. The maximum atomic E-state index is 12.8. The summed E-state index contributed by atoms with van der Waals surface area (Å²) < 4.78 is 5.30. The molecule has 2 N–H and O–H groups in total. The highest BCUT2D eigenvalue weighted by molar-refractivity contribution is 5.90. The second-order valence-electron chi connectivity index (χ2n) is 8.19. The molecule has 2 aliphatic heterocycles. The van der Waals surface area contributed by atoms with Gasteiger partial charge in [0.2, 0.25) is 0 Å². The third-order valence-electron chi connectivity index (χ3n) is 6.22. The van der Waals surface area contributed by atoms with Crippen LogP contribution in [0.15, 0.2) is 72.0 Å². The average molecular weight is 423 g/mol. The number of carbonyl (C=O) groups excluding carboxylic acids is 1. The Balaban J connectivity index is 1.68. The third kappa shape index (κ3) is 4.51. The molecule has 0 radical (unpaired) electrons. The van der Waals surface area contributed by atoms with Gasteiger partial charge in [0.25, 0.3) is 0 Å². The van der Waals surface area contributed by atoms with Crippen LogP contribution in [0.4, 0.5) is 0 Å². The van der Waals surface area contributed by atoms with Crippen molar-refractivity contribution in [1.82, 2.24) is 9.80 Å². The van der Waals surface area contributed by atoms with E-state index >= 15 is 0 Å². The number of ether oxygens (including phenoxy) is 1. The maximum Gasteiger partial charge on any atom is 0.339 e. The summed E-state index contributed by atoms with van der Waals surface area (Å²) in [5, 5.41) is 21.1. The highest BCUT2D eigenvalue weighted by Gasteiger charge is 2.47. The van der Waals surface area contributed by atoms with Crippen LogP contribution in [0.5, 0.6) is 0 Å². The number of aliphatic hydroxyl groups is 2. The lowest BCUT2D eigenvalue weighted by molar-refractivity contribution is -0.141. The molecule has 164 valence electrons. The summed E-state index contributed by atoms with van der Waals surface area (Å²) in [7, 11) is 0. The van der Waals surface area contributed by atoms with Crippen LogP contribution in [0.1, 0.15) is 30.5 Å². The standard InChI is InChI=1S/C25H30N2O4/c1-2-31-25(30)24-21-16-26(14-18-9-5-3-6-10-18)15-20(13-23(24)29)27(21)22(17-28)19-11-7-4-8-12-19/h3-12,20-22,28-29H,2,13-17H2,1H3/t20-,21+,22?/m1/s1. The lowest BCUT2D eigenvalue weighted by Crippen LogP contribution is -2.63. The minimum atomic E-state index is -0.472. The number of aliphatic hydroxyl groups excluding tert-OH is 2. The van der Waals surface area contributed by atoms with Crippen LogP contribution in [0.25, 0.3) is 0 Å². The Bertz CT molecular complexity index is 916. The van der Waals surface area contributed by atoms with Crippen molar-refractivity contribution in [2.24, 2.45) is 0 Å². The minimum Gasteiger partial charge on any atom is -0.512 e. The van der Waals surface area contributed by atoms with Gasteiger partial charge in [-0.1, -0.05) is 60.7 Å². The number of nitrogens with zero attached hydrogens (tertiary/aromatic N) is 2. The Hall–Kier alpha value is -2.67. The number of benzene rings is 2. The summed E-state index contributed by atoms with van der Waals surface area (Å²) in [6.45, 7) is 4.05. The van der Waals surface area contributed by atoms with Crippen molar-refractivity contribution >= 4 is 5.97 Å². The molecule has 0 aliphatic carbocycles. The van der Waals surface area contributed by atoms with Gasteiger partial charge in [-0.3, -0.25) is 9.80 Å². The molecule has 2 aliphatic rings. The SMILES string of the molecule is CCOC(=O)C1=C(O)C[C@@H]2CN(Cc3ccccc3)C[C@@H]1N2C(CO)c1ccccc1. The molecular formula is C25H30N2O4. The molecule has 0 spiro atoms. The van der Waals surface area contributed by atoms with Gasteiger partial charge in [0.1, 0.15) is 5.76 Å². The van der Waals surface area contributed by atoms with Crippen LogP contribution >= 0.6 is 0 Å². The average Bonchev–Trinajstić information content (AvgIpc) is 2.77. The molecule has 2 aromatic rings. The van der Waals surface area contributed by atoms with E-state index in [0.29, 0.717) is 18.5 Å². The normalized spacial score (nSPS) is 22.9. The summed E-state index contributed by atoms with van der Waals surface area (Å²) in [6.07, 6.45) is 0.360. The number of fused-ring (bicyclic) bond motifs is 2. The summed E-state index contributed by atoms with van der Waals surface area (Å²) in [5.41, 5.74) is 2.54. The first-order valence-corrected chi connectivity index (χ1v) is 10.9. The lowest BCUT2D eigenvalue weighted by atomic mass is 9.86. The number of esters is 1. The van der Waals surface area contributed by atoms with Gasteiger partial charge in [-0.2, -0.15) is 0 Å². The monoisotopic (exact) mass is 422 g/mol. The minimum absolute atomic E-state index is 0.0157. The Morgan fingerprint density at radius 2 is 1.77 bits per heavy atom. The van der Waals surface area contributed by atoms with Gasteiger partial charge in [-0.05, 0) is 18.1 Å². The zero-order valence-electron chi connectivity index (χ0n) is 17.9. The smallest absolute Gasteiger partial charge is 0.339 e. The molecule has 2 aromatic carbocycles. The molecule has 3 atom stereocenters. The van der Waals surface area contributed by atoms with Crippen LogP contribution in [-0.2, 0) is 16.1 Å². The van der Waals surface area contributed by atoms with Gasteiger partial charge < -0.3 is 14.9 Å². The van der Waals surface area contributed by atoms with E-state index in [-0.39, 0.29) is 37.1 Å². The lowest BCUT2D eigenvalue weighted by Gasteiger charge is -2.52. The van der Waals surface area contributed by atoms with Crippen molar-refractivity contribution in [3.05, 3.63) is 83.1 Å². The van der Waals surface area contributed by atoms with E-state index < -0.39 is 5.97 Å². The molecule has 1 unspecified atom stereocenters. The van der Waals surface area contributed by atoms with E-state index in [9.17, 15) is 15.0 Å². The van der Waals surface area contributed by atoms with E-state index in [0.717, 1.165) is 18.7 Å². The third-order valence-corrected chi connectivity index (χ3v) is 6.22. The molecule has 0 saturated carbocycles. The van der Waals surface area contributed by atoms with Crippen molar-refractivity contribution in [2.75, 3.05) is 26.3 Å². The molecule has 1 saturated heterocycles. The molecule has 31 heavy (non-hydrogen) atoms. The first kappa shape index (κ1) is 21.6. The molecular weight excluding hydrogens is 392 g/mol. The van der Waals surface area contributed by atoms with Crippen LogP contribution < -0.4 is 0 Å². The highest BCUT2D eigenvalue weighted by Crippen LogP contribution is 2.39. The van der Waals surface area contributed by atoms with Gasteiger partial charge in [0.05, 0.1) is 30.9 Å². The molecule has 6 heteroatoms. The fourth-order valence-electron chi connectivity index (χ4n) is 4.95. The summed E-state index contributed by atoms with van der Waals surface area (Å²) in [6, 6.07) is 19.5. The number of hydrogen-bond donors (Lipinski definition) is 2. The van der Waals surface area contributed by atoms with Gasteiger partial charge in [0.15, 0.2) is 0 Å². The van der Waals surface area contributed by atoms with Crippen molar-refractivity contribution in [1.29, 1.82) is 0 Å². The van der Waals surface area contributed by atoms with E-state index in [1.165, 1.54) is 5.56 Å². The number of carbonyl (C=O) groups is 1. The van der Waals surface area contributed by atoms with E-state index in [4.69, 9.17) is 4.74 Å². The van der Waals surface area contributed by atoms with Crippen LogP contribution in [0, 0.1) is 0 Å². The highest BCUT2D eigenvalue weighted by atomic mass is 16.5. The van der Waals surface area contributed by atoms with Gasteiger partial charge >= 0.3 is 5.97 Å². The summed E-state index contributed by atoms with van der Waals surface area (Å²) >= 11 is 0. The molecule has 2 heterocycles. The Kier molecular flexibility index (Phi) is 6.70. The molecule has 0 amide bonds. The van der Waals surface area contributed by atoms with Gasteiger partial charge in [0, 0.05) is 32.1 Å². The van der Waals surface area contributed by atoms with Gasteiger partial charge in [-0.25, -0.2) is 4.79 Å². The molecule has 4 rings (SSSR count). The van der Waals surface area contributed by atoms with Crippen molar-refractivity contribution in [3.63, 3.8) is 0 Å². The fraction of sp³-hybridized carbons (Fsp3) is 0.400. The number of hydrogen-bond acceptors (Lipinski definition) is 6. The Morgan fingerprint density at radius 1 is 1.10 bits per heavy atom. The van der Waals surface area contributed by atoms with Gasteiger partial charge in [-0.15, -0.1) is 0 Å². The van der Waals surface area contributed by atoms with Crippen LogP contribution in [0.2, 0.25) is 0 Å². The van der Waals surface area contributed by atoms with E-state index in [2.05, 4.69) is 21.9 Å². The second kappa shape index (κ2) is 9.64. The quantitative estimate of drug-likeness (QED) is 0.668. The maximum absolute atomic E-state index is 12.8. The molecule has 2 bridgehead atoms. The van der Waals surface area contributed by atoms with E-state index in [1.807, 2.05) is 48.5 Å². The number of rotatable bonds is 7. The summed E-state index contributed by atoms with van der Waals surface area (Å²) in [4.78, 5) is 17.4. The Morgan fingerprint density at radius 3 is 2.42 bits per heavy atom. The van der Waals surface area contributed by atoms with E-state index in [1.54, 1.807) is 6.92 Å². The fourth-order valence-corrected chi connectivity index (χ4v) is 4.95. The zero-order valence-corrected chi connectivity index (χ0v) is 17.9. The predicted octanol–water partition coefficient (Wildman–Crippen LogP) is 3.05. The van der Waals surface area contributed by atoms with Crippen LogP contribution in [-0.4, -0.2) is 64.4 Å². The largest absolute Gasteiger partial charge is 0.512 e. The van der Waals surface area contributed by atoms with Crippen molar-refractivity contribution < 1.29 is 19.7 Å². The number of piperazine rings is 1. The predicted molar refractivity (Wildman–Crippen MR) is 118 cm³/mol. The second-order valence-corrected chi connectivity index (χ2v) is 8.19. The first-order chi connectivity index (χ1) is 15.1.